The molecule has 2 rings (SSSR count). The van der Waals surface area contributed by atoms with Crippen LogP contribution in [0, 0.1) is 6.92 Å². The predicted molar refractivity (Wildman–Crippen MR) is 80.2 cm³/mol. The zero-order valence-electron chi connectivity index (χ0n) is 13.2. The summed E-state index contributed by atoms with van der Waals surface area (Å²) in [6.45, 7) is 5.83. The van der Waals surface area contributed by atoms with E-state index in [-0.39, 0.29) is 5.92 Å². The first-order chi connectivity index (χ1) is 10.7. The van der Waals surface area contributed by atoms with E-state index in [1.165, 1.54) is 0 Å². The Bertz CT molecular complexity index is 572. The third kappa shape index (κ3) is 3.64. The van der Waals surface area contributed by atoms with E-state index >= 15 is 0 Å². The largest absolute Gasteiger partial charge is 0.479 e. The standard InChI is InChI=1S/C16H22O7/c1-7(2)9-5-4-8(3)10(6-9)22-16-13(19)11(17)12(18)14(23-16)15(20)21/h4-7,11-14,16-19H,1-3H3,(H,20,21)/t11?,12-,13+,14-,16+/m0/s1. The molecule has 1 aliphatic heterocycles. The number of aliphatic carboxylic acids is 1. The van der Waals surface area contributed by atoms with Crippen LogP contribution in [-0.2, 0) is 9.53 Å². The Morgan fingerprint density at radius 1 is 1.17 bits per heavy atom. The maximum atomic E-state index is 11.1. The number of aryl methyl sites for hydroxylation is 1. The fourth-order valence-corrected chi connectivity index (χ4v) is 2.38. The first-order valence-corrected chi connectivity index (χ1v) is 7.42. The summed E-state index contributed by atoms with van der Waals surface area (Å²) in [4.78, 5) is 11.1. The van der Waals surface area contributed by atoms with Crippen molar-refractivity contribution in [1.29, 1.82) is 0 Å². The van der Waals surface area contributed by atoms with Gasteiger partial charge in [0.25, 0.3) is 0 Å². The van der Waals surface area contributed by atoms with Crippen molar-refractivity contribution in [2.24, 2.45) is 0 Å². The number of rotatable bonds is 4. The predicted octanol–water partition coefficient (Wildman–Crippen LogP) is 0.389. The summed E-state index contributed by atoms with van der Waals surface area (Å²) in [5.74, 6) is -0.757. The molecule has 7 heteroatoms. The SMILES string of the molecule is Cc1ccc(C(C)C)cc1O[C@@H]1O[C@H](C(=O)O)[C@@H](O)C(O)[C@H]1O. The third-order valence-electron chi connectivity index (χ3n) is 3.93. The molecule has 1 aliphatic rings. The second kappa shape index (κ2) is 6.84. The molecule has 0 aliphatic carbocycles. The normalized spacial score (nSPS) is 31.2. The van der Waals surface area contributed by atoms with Gasteiger partial charge in [-0.1, -0.05) is 26.0 Å². The minimum absolute atomic E-state index is 0.259. The van der Waals surface area contributed by atoms with Crippen molar-refractivity contribution < 1.29 is 34.7 Å². The highest BCUT2D eigenvalue weighted by atomic mass is 16.7. The maximum absolute atomic E-state index is 11.1. The van der Waals surface area contributed by atoms with Crippen molar-refractivity contribution in [2.45, 2.75) is 57.4 Å². The van der Waals surface area contributed by atoms with Gasteiger partial charge in [-0.25, -0.2) is 4.79 Å². The van der Waals surface area contributed by atoms with Crippen LogP contribution in [0.5, 0.6) is 5.75 Å². The summed E-state index contributed by atoms with van der Waals surface area (Å²) < 4.78 is 10.7. The molecule has 4 N–H and O–H groups in total. The van der Waals surface area contributed by atoms with Crippen LogP contribution in [0.1, 0.15) is 30.9 Å². The van der Waals surface area contributed by atoms with Crippen molar-refractivity contribution >= 4 is 5.97 Å². The maximum Gasteiger partial charge on any atom is 0.335 e. The summed E-state index contributed by atoms with van der Waals surface area (Å²) in [6.07, 6.45) is -8.04. The minimum atomic E-state index is -1.73. The average Bonchev–Trinajstić information content (AvgIpc) is 2.49. The molecule has 128 valence electrons. The Kier molecular flexibility index (Phi) is 5.26. The van der Waals surface area contributed by atoms with Crippen LogP contribution >= 0.6 is 0 Å². The molecule has 0 amide bonds. The van der Waals surface area contributed by atoms with Crippen LogP contribution in [0.2, 0.25) is 0 Å². The number of aliphatic hydroxyl groups excluding tert-OH is 3. The number of ether oxygens (including phenoxy) is 2. The molecule has 0 spiro atoms. The highest BCUT2D eigenvalue weighted by molar-refractivity contribution is 5.73. The van der Waals surface area contributed by atoms with Gasteiger partial charge in [-0.15, -0.1) is 0 Å². The van der Waals surface area contributed by atoms with Crippen molar-refractivity contribution in [3.8, 4) is 5.75 Å². The van der Waals surface area contributed by atoms with Crippen molar-refractivity contribution in [1.82, 2.24) is 0 Å². The second-order valence-corrected chi connectivity index (χ2v) is 6.03. The summed E-state index contributed by atoms with van der Waals surface area (Å²) in [7, 11) is 0. The van der Waals surface area contributed by atoms with E-state index in [2.05, 4.69) is 0 Å². The number of carbonyl (C=O) groups is 1. The number of aliphatic hydroxyl groups is 3. The molecular formula is C16H22O7. The first-order valence-electron chi connectivity index (χ1n) is 7.42. The van der Waals surface area contributed by atoms with Crippen molar-refractivity contribution in [3.05, 3.63) is 29.3 Å². The van der Waals surface area contributed by atoms with E-state index < -0.39 is 36.7 Å². The summed E-state index contributed by atoms with van der Waals surface area (Å²) in [5, 5.41) is 38.5. The smallest absolute Gasteiger partial charge is 0.335 e. The summed E-state index contributed by atoms with van der Waals surface area (Å²) in [5.41, 5.74) is 1.78. The van der Waals surface area contributed by atoms with E-state index in [4.69, 9.17) is 14.6 Å². The topological polar surface area (TPSA) is 116 Å². The van der Waals surface area contributed by atoms with Gasteiger partial charge >= 0.3 is 5.97 Å². The van der Waals surface area contributed by atoms with Gasteiger partial charge in [0, 0.05) is 0 Å². The first kappa shape index (κ1) is 17.7. The summed E-state index contributed by atoms with van der Waals surface area (Å²) >= 11 is 0. The molecule has 0 aromatic heterocycles. The molecule has 1 aromatic carbocycles. The lowest BCUT2D eigenvalue weighted by molar-refractivity contribution is -0.271. The van der Waals surface area contributed by atoms with E-state index in [0.717, 1.165) is 11.1 Å². The van der Waals surface area contributed by atoms with Crippen LogP contribution in [0.25, 0.3) is 0 Å². The molecule has 0 bridgehead atoms. The van der Waals surface area contributed by atoms with Gasteiger partial charge < -0.3 is 29.9 Å². The molecule has 5 atom stereocenters. The molecule has 1 heterocycles. The monoisotopic (exact) mass is 326 g/mol. The number of carboxylic acid groups (broad SMARTS) is 1. The van der Waals surface area contributed by atoms with E-state index in [0.29, 0.717) is 5.75 Å². The molecule has 0 radical (unpaired) electrons. The average molecular weight is 326 g/mol. The molecule has 1 saturated heterocycles. The van der Waals surface area contributed by atoms with E-state index in [1.54, 1.807) is 13.0 Å². The van der Waals surface area contributed by atoms with Gasteiger partial charge in [-0.05, 0) is 30.0 Å². The Labute approximate surface area is 134 Å². The highest BCUT2D eigenvalue weighted by Crippen LogP contribution is 2.29. The van der Waals surface area contributed by atoms with Crippen LogP contribution in [0.15, 0.2) is 18.2 Å². The Morgan fingerprint density at radius 3 is 2.39 bits per heavy atom. The number of hydrogen-bond donors (Lipinski definition) is 4. The van der Waals surface area contributed by atoms with Crippen LogP contribution in [0.4, 0.5) is 0 Å². The van der Waals surface area contributed by atoms with Crippen molar-refractivity contribution in [3.63, 3.8) is 0 Å². The van der Waals surface area contributed by atoms with E-state index in [9.17, 15) is 20.1 Å². The van der Waals surface area contributed by atoms with Gasteiger partial charge in [-0.3, -0.25) is 0 Å². The minimum Gasteiger partial charge on any atom is -0.479 e. The van der Waals surface area contributed by atoms with Gasteiger partial charge in [0.2, 0.25) is 6.29 Å². The molecule has 7 nitrogen and oxygen atoms in total. The highest BCUT2D eigenvalue weighted by Gasteiger charge is 2.48. The molecule has 1 aromatic rings. The number of benzene rings is 1. The van der Waals surface area contributed by atoms with Crippen LogP contribution in [0.3, 0.4) is 0 Å². The molecule has 23 heavy (non-hydrogen) atoms. The Morgan fingerprint density at radius 2 is 1.83 bits per heavy atom. The third-order valence-corrected chi connectivity index (χ3v) is 3.93. The van der Waals surface area contributed by atoms with Gasteiger partial charge in [0.05, 0.1) is 0 Å². The lowest BCUT2D eigenvalue weighted by Crippen LogP contribution is -2.61. The molecule has 0 saturated carbocycles. The number of hydrogen-bond acceptors (Lipinski definition) is 6. The Balaban J connectivity index is 2.24. The number of carboxylic acids is 1. The van der Waals surface area contributed by atoms with Gasteiger partial charge in [-0.2, -0.15) is 0 Å². The van der Waals surface area contributed by atoms with Gasteiger partial charge in [0.15, 0.2) is 6.10 Å². The van der Waals surface area contributed by atoms with E-state index in [1.807, 2.05) is 26.0 Å². The lowest BCUT2D eigenvalue weighted by atomic mass is 9.98. The zero-order chi connectivity index (χ0) is 17.3. The van der Waals surface area contributed by atoms with Crippen LogP contribution < -0.4 is 4.74 Å². The fraction of sp³-hybridized carbons (Fsp3) is 0.562. The Hall–Kier alpha value is -1.67. The zero-order valence-corrected chi connectivity index (χ0v) is 13.2. The van der Waals surface area contributed by atoms with Gasteiger partial charge in [0.1, 0.15) is 24.1 Å². The summed E-state index contributed by atoms with van der Waals surface area (Å²) in [6, 6.07) is 5.58. The molecular weight excluding hydrogens is 304 g/mol. The molecule has 1 unspecified atom stereocenters. The fourth-order valence-electron chi connectivity index (χ4n) is 2.38. The molecule has 1 fully saturated rings. The quantitative estimate of drug-likeness (QED) is 0.632. The lowest BCUT2D eigenvalue weighted by Gasteiger charge is -2.38. The second-order valence-electron chi connectivity index (χ2n) is 6.03. The van der Waals surface area contributed by atoms with Crippen molar-refractivity contribution in [2.75, 3.05) is 0 Å². The van der Waals surface area contributed by atoms with Crippen LogP contribution in [-0.4, -0.2) is 57.1 Å².